The molecule has 1 aliphatic rings. The van der Waals surface area contributed by atoms with Crippen molar-refractivity contribution in [1.29, 1.82) is 0 Å². The fraction of sp³-hybridized carbons (Fsp3) is 0.368. The van der Waals surface area contributed by atoms with Crippen LogP contribution in [0, 0.1) is 5.92 Å². The maximum atomic E-state index is 12.6. The number of aliphatic hydroxyl groups excluding tert-OH is 1. The quantitative estimate of drug-likeness (QED) is 0.870. The first-order valence-corrected chi connectivity index (χ1v) is 7.98. The van der Waals surface area contributed by atoms with Gasteiger partial charge < -0.3 is 9.84 Å². The summed E-state index contributed by atoms with van der Waals surface area (Å²) in [6, 6.07) is 12.4. The number of hydrogen-bond acceptors (Lipinski definition) is 2. The molecule has 1 fully saturated rings. The highest BCUT2D eigenvalue weighted by molar-refractivity contribution is 5.64. The van der Waals surface area contributed by atoms with E-state index in [9.17, 15) is 18.3 Å². The van der Waals surface area contributed by atoms with Gasteiger partial charge >= 0.3 is 6.18 Å². The molecule has 0 saturated carbocycles. The minimum absolute atomic E-state index is 0.0932. The summed E-state index contributed by atoms with van der Waals surface area (Å²) in [5.74, 6) is 0.0932. The molecule has 0 aliphatic carbocycles. The Bertz CT molecular complexity index is 657. The number of rotatable bonds is 3. The molecule has 1 aliphatic heterocycles. The fourth-order valence-corrected chi connectivity index (χ4v) is 3.01. The molecule has 2 aromatic rings. The van der Waals surface area contributed by atoms with Crippen LogP contribution in [-0.2, 0) is 10.9 Å². The van der Waals surface area contributed by atoms with Crippen molar-refractivity contribution in [2.45, 2.75) is 25.1 Å². The Balaban J connectivity index is 1.74. The molecule has 2 aromatic carbocycles. The third kappa shape index (κ3) is 3.79. The Morgan fingerprint density at radius 2 is 1.54 bits per heavy atom. The Hall–Kier alpha value is -1.85. The van der Waals surface area contributed by atoms with E-state index in [2.05, 4.69) is 0 Å². The van der Waals surface area contributed by atoms with Crippen molar-refractivity contribution in [1.82, 2.24) is 0 Å². The summed E-state index contributed by atoms with van der Waals surface area (Å²) in [6.45, 7) is 1.30. The number of hydrogen-bond donors (Lipinski definition) is 1. The van der Waals surface area contributed by atoms with Gasteiger partial charge in [-0.05, 0) is 41.7 Å². The van der Waals surface area contributed by atoms with Crippen LogP contribution < -0.4 is 0 Å². The third-order valence-corrected chi connectivity index (χ3v) is 4.44. The van der Waals surface area contributed by atoms with Gasteiger partial charge in [-0.25, -0.2) is 0 Å². The molecule has 2 unspecified atom stereocenters. The van der Waals surface area contributed by atoms with Crippen LogP contribution in [-0.4, -0.2) is 18.3 Å². The van der Waals surface area contributed by atoms with Crippen LogP contribution in [0.2, 0.25) is 0 Å². The first-order valence-electron chi connectivity index (χ1n) is 7.98. The summed E-state index contributed by atoms with van der Waals surface area (Å²) in [7, 11) is 0. The van der Waals surface area contributed by atoms with E-state index in [1.54, 1.807) is 0 Å². The van der Waals surface area contributed by atoms with Crippen molar-refractivity contribution in [2.75, 3.05) is 13.2 Å². The lowest BCUT2D eigenvalue weighted by atomic mass is 9.90. The van der Waals surface area contributed by atoms with Crippen LogP contribution in [0.5, 0.6) is 0 Å². The summed E-state index contributed by atoms with van der Waals surface area (Å²) < 4.78 is 43.2. The first kappa shape index (κ1) is 17.0. The van der Waals surface area contributed by atoms with E-state index < -0.39 is 17.8 Å². The zero-order valence-electron chi connectivity index (χ0n) is 13.1. The van der Waals surface area contributed by atoms with Gasteiger partial charge in [0.15, 0.2) is 0 Å². The number of benzene rings is 2. The lowest BCUT2D eigenvalue weighted by molar-refractivity contribution is -0.137. The van der Waals surface area contributed by atoms with E-state index >= 15 is 0 Å². The molecule has 0 spiro atoms. The van der Waals surface area contributed by atoms with E-state index in [4.69, 9.17) is 4.74 Å². The Morgan fingerprint density at radius 3 is 2.04 bits per heavy atom. The van der Waals surface area contributed by atoms with Gasteiger partial charge in [0.2, 0.25) is 0 Å². The summed E-state index contributed by atoms with van der Waals surface area (Å²) in [6.07, 6.45) is -3.02. The molecule has 1 saturated heterocycles. The molecule has 1 N–H and O–H groups in total. The molecule has 0 aromatic heterocycles. The third-order valence-electron chi connectivity index (χ3n) is 4.44. The van der Waals surface area contributed by atoms with Gasteiger partial charge in [-0.1, -0.05) is 36.4 Å². The maximum absolute atomic E-state index is 12.6. The zero-order chi connectivity index (χ0) is 17.2. The van der Waals surface area contributed by atoms with E-state index in [0.29, 0.717) is 12.2 Å². The lowest BCUT2D eigenvalue weighted by Gasteiger charge is -2.27. The molecule has 0 amide bonds. The predicted molar refractivity (Wildman–Crippen MR) is 85.4 cm³/mol. The largest absolute Gasteiger partial charge is 0.416 e. The molecule has 2 nitrogen and oxygen atoms in total. The van der Waals surface area contributed by atoms with Gasteiger partial charge in [0.25, 0.3) is 0 Å². The second-order valence-corrected chi connectivity index (χ2v) is 6.12. The van der Waals surface area contributed by atoms with Gasteiger partial charge in [0.05, 0.1) is 18.3 Å². The van der Waals surface area contributed by atoms with Gasteiger partial charge in [-0.3, -0.25) is 0 Å². The van der Waals surface area contributed by atoms with E-state index in [0.717, 1.165) is 42.7 Å². The second-order valence-electron chi connectivity index (χ2n) is 6.12. The molecular weight excluding hydrogens is 317 g/mol. The van der Waals surface area contributed by atoms with Crippen molar-refractivity contribution < 1.29 is 23.0 Å². The van der Waals surface area contributed by atoms with Crippen molar-refractivity contribution in [3.8, 4) is 11.1 Å². The highest BCUT2D eigenvalue weighted by Gasteiger charge is 2.30. The smallest absolute Gasteiger partial charge is 0.388 e. The van der Waals surface area contributed by atoms with Gasteiger partial charge in [-0.15, -0.1) is 0 Å². The van der Waals surface area contributed by atoms with Crippen molar-refractivity contribution in [2.24, 2.45) is 5.92 Å². The highest BCUT2D eigenvalue weighted by Crippen LogP contribution is 2.32. The highest BCUT2D eigenvalue weighted by atomic mass is 19.4. The Morgan fingerprint density at radius 1 is 0.958 bits per heavy atom. The monoisotopic (exact) mass is 336 g/mol. The summed E-state index contributed by atoms with van der Waals surface area (Å²) in [5, 5.41) is 10.4. The lowest BCUT2D eigenvalue weighted by Crippen LogP contribution is -2.23. The molecule has 0 radical (unpaired) electrons. The van der Waals surface area contributed by atoms with Gasteiger partial charge in [0, 0.05) is 12.5 Å². The molecule has 0 bridgehead atoms. The predicted octanol–water partition coefficient (Wildman–Crippen LogP) is 4.83. The first-order chi connectivity index (χ1) is 11.4. The number of alkyl halides is 3. The standard InChI is InChI=1S/C19H19F3O2/c20-19(21,22)17-9-7-14(8-10-17)13-3-5-15(6-4-13)18(23)16-2-1-11-24-12-16/h3-10,16,18,23H,1-2,11-12H2. The summed E-state index contributed by atoms with van der Waals surface area (Å²) in [4.78, 5) is 0. The maximum Gasteiger partial charge on any atom is 0.416 e. The Labute approximate surface area is 138 Å². The van der Waals surface area contributed by atoms with Crippen molar-refractivity contribution in [3.05, 3.63) is 59.7 Å². The number of ether oxygens (including phenoxy) is 1. The average molecular weight is 336 g/mol. The topological polar surface area (TPSA) is 29.5 Å². The molecule has 128 valence electrons. The van der Waals surface area contributed by atoms with Crippen LogP contribution in [0.15, 0.2) is 48.5 Å². The molecule has 1 heterocycles. The summed E-state index contributed by atoms with van der Waals surface area (Å²) in [5.41, 5.74) is 1.68. The van der Waals surface area contributed by atoms with E-state index in [1.165, 1.54) is 12.1 Å². The average Bonchev–Trinajstić information content (AvgIpc) is 2.61. The minimum Gasteiger partial charge on any atom is -0.388 e. The molecule has 3 rings (SSSR count). The normalized spacial score (nSPS) is 19.9. The van der Waals surface area contributed by atoms with E-state index in [1.807, 2.05) is 24.3 Å². The zero-order valence-corrected chi connectivity index (χ0v) is 13.1. The van der Waals surface area contributed by atoms with Gasteiger partial charge in [-0.2, -0.15) is 13.2 Å². The number of aliphatic hydroxyl groups is 1. The van der Waals surface area contributed by atoms with Crippen LogP contribution in [0.25, 0.3) is 11.1 Å². The second kappa shape index (κ2) is 6.95. The van der Waals surface area contributed by atoms with Crippen LogP contribution in [0.1, 0.15) is 30.1 Å². The minimum atomic E-state index is -4.32. The van der Waals surface area contributed by atoms with Crippen LogP contribution in [0.3, 0.4) is 0 Å². The molecule has 5 heteroatoms. The van der Waals surface area contributed by atoms with E-state index in [-0.39, 0.29) is 5.92 Å². The van der Waals surface area contributed by atoms with Crippen LogP contribution >= 0.6 is 0 Å². The Kier molecular flexibility index (Phi) is 4.92. The molecule has 2 atom stereocenters. The summed E-state index contributed by atoms with van der Waals surface area (Å²) >= 11 is 0. The van der Waals surface area contributed by atoms with Crippen molar-refractivity contribution >= 4 is 0 Å². The fourth-order valence-electron chi connectivity index (χ4n) is 3.01. The van der Waals surface area contributed by atoms with Gasteiger partial charge in [0.1, 0.15) is 0 Å². The van der Waals surface area contributed by atoms with Crippen LogP contribution in [0.4, 0.5) is 13.2 Å². The molecular formula is C19H19F3O2. The molecule has 24 heavy (non-hydrogen) atoms. The SMILES string of the molecule is OC(c1ccc(-c2ccc(C(F)(F)F)cc2)cc1)C1CCCOC1. The number of halogens is 3. The van der Waals surface area contributed by atoms with Crippen molar-refractivity contribution in [3.63, 3.8) is 0 Å².